The van der Waals surface area contributed by atoms with Crippen LogP contribution in [0.15, 0.2) is 18.2 Å². The normalized spacial score (nSPS) is 19.4. The zero-order valence-electron chi connectivity index (χ0n) is 11.5. The van der Waals surface area contributed by atoms with Gasteiger partial charge in [-0.3, -0.25) is 4.90 Å². The second-order valence-corrected chi connectivity index (χ2v) is 5.90. The van der Waals surface area contributed by atoms with Crippen LogP contribution >= 0.6 is 0 Å². The molecule has 0 unspecified atom stereocenters. The molecule has 1 aromatic carbocycles. The van der Waals surface area contributed by atoms with Crippen LogP contribution in [0.1, 0.15) is 30.5 Å². The minimum Gasteiger partial charge on any atom is -0.323 e. The SMILES string of the molecule is Cc1cccc(C)c1CN1CC(N)(C(C)C)C1. The van der Waals surface area contributed by atoms with Gasteiger partial charge in [-0.1, -0.05) is 32.0 Å². The van der Waals surface area contributed by atoms with E-state index in [9.17, 15) is 0 Å². The summed E-state index contributed by atoms with van der Waals surface area (Å²) >= 11 is 0. The van der Waals surface area contributed by atoms with E-state index < -0.39 is 0 Å². The number of rotatable bonds is 3. The molecule has 0 atom stereocenters. The van der Waals surface area contributed by atoms with Gasteiger partial charge < -0.3 is 5.73 Å². The fourth-order valence-electron chi connectivity index (χ4n) is 2.59. The second-order valence-electron chi connectivity index (χ2n) is 5.90. The van der Waals surface area contributed by atoms with Gasteiger partial charge in [-0.25, -0.2) is 0 Å². The quantitative estimate of drug-likeness (QED) is 0.867. The first-order valence-corrected chi connectivity index (χ1v) is 6.49. The summed E-state index contributed by atoms with van der Waals surface area (Å²) in [6, 6.07) is 6.52. The zero-order valence-corrected chi connectivity index (χ0v) is 11.5. The topological polar surface area (TPSA) is 29.3 Å². The summed E-state index contributed by atoms with van der Waals surface area (Å²) in [4.78, 5) is 2.45. The number of likely N-dealkylation sites (tertiary alicyclic amines) is 1. The van der Waals surface area contributed by atoms with Crippen LogP contribution < -0.4 is 5.73 Å². The summed E-state index contributed by atoms with van der Waals surface area (Å²) in [6.45, 7) is 11.9. The molecule has 0 aromatic heterocycles. The van der Waals surface area contributed by atoms with Crippen LogP contribution in [0.5, 0.6) is 0 Å². The lowest BCUT2D eigenvalue weighted by Gasteiger charge is -2.50. The summed E-state index contributed by atoms with van der Waals surface area (Å²) in [6.07, 6.45) is 0. The van der Waals surface area contributed by atoms with Gasteiger partial charge in [-0.2, -0.15) is 0 Å². The number of hydrogen-bond acceptors (Lipinski definition) is 2. The Morgan fingerprint density at radius 3 is 2.24 bits per heavy atom. The highest BCUT2D eigenvalue weighted by Crippen LogP contribution is 2.28. The van der Waals surface area contributed by atoms with E-state index in [4.69, 9.17) is 5.73 Å². The lowest BCUT2D eigenvalue weighted by atomic mass is 9.80. The van der Waals surface area contributed by atoms with Crippen molar-refractivity contribution in [3.63, 3.8) is 0 Å². The maximum atomic E-state index is 6.32. The van der Waals surface area contributed by atoms with Gasteiger partial charge in [0.1, 0.15) is 0 Å². The average Bonchev–Trinajstić information content (AvgIpc) is 2.20. The van der Waals surface area contributed by atoms with Gasteiger partial charge in [-0.05, 0) is 36.5 Å². The Labute approximate surface area is 105 Å². The third-order valence-electron chi connectivity index (χ3n) is 4.21. The van der Waals surface area contributed by atoms with Crippen molar-refractivity contribution in [1.29, 1.82) is 0 Å². The molecule has 2 rings (SSSR count). The van der Waals surface area contributed by atoms with Crippen LogP contribution in [0.2, 0.25) is 0 Å². The molecule has 1 aliphatic heterocycles. The largest absolute Gasteiger partial charge is 0.323 e. The first-order valence-electron chi connectivity index (χ1n) is 6.49. The molecule has 94 valence electrons. The molecular formula is C15H24N2. The highest BCUT2D eigenvalue weighted by molar-refractivity contribution is 5.33. The Balaban J connectivity index is 2.01. The average molecular weight is 232 g/mol. The van der Waals surface area contributed by atoms with E-state index in [-0.39, 0.29) is 5.54 Å². The summed E-state index contributed by atoms with van der Waals surface area (Å²) < 4.78 is 0. The van der Waals surface area contributed by atoms with Crippen LogP contribution in [-0.2, 0) is 6.54 Å². The van der Waals surface area contributed by atoms with Crippen LogP contribution in [0.3, 0.4) is 0 Å². The first kappa shape index (κ1) is 12.6. The molecule has 2 nitrogen and oxygen atoms in total. The smallest absolute Gasteiger partial charge is 0.0435 e. The van der Waals surface area contributed by atoms with Crippen LogP contribution in [0.25, 0.3) is 0 Å². The molecule has 1 aromatic rings. The molecule has 0 aliphatic carbocycles. The standard InChI is InChI=1S/C15H24N2/c1-11(2)15(16)9-17(10-15)8-14-12(3)6-5-7-13(14)4/h5-7,11H,8-10,16H2,1-4H3. The van der Waals surface area contributed by atoms with Crippen LogP contribution in [0, 0.1) is 19.8 Å². The molecule has 1 fully saturated rings. The predicted octanol–water partition coefficient (Wildman–Crippen LogP) is 2.47. The Bertz CT molecular complexity index is 383. The number of nitrogens with zero attached hydrogens (tertiary/aromatic N) is 1. The molecule has 17 heavy (non-hydrogen) atoms. The van der Waals surface area contributed by atoms with Crippen LogP contribution in [-0.4, -0.2) is 23.5 Å². The third-order valence-corrected chi connectivity index (χ3v) is 4.21. The summed E-state index contributed by atoms with van der Waals surface area (Å²) in [7, 11) is 0. The van der Waals surface area contributed by atoms with E-state index in [1.54, 1.807) is 0 Å². The van der Waals surface area contributed by atoms with Crippen molar-refractivity contribution in [3.05, 3.63) is 34.9 Å². The van der Waals surface area contributed by atoms with Crippen molar-refractivity contribution in [1.82, 2.24) is 4.90 Å². The van der Waals surface area contributed by atoms with Crippen LogP contribution in [0.4, 0.5) is 0 Å². The molecule has 0 amide bonds. The minimum absolute atomic E-state index is 0.0383. The first-order chi connectivity index (χ1) is 7.92. The Morgan fingerprint density at radius 2 is 1.76 bits per heavy atom. The van der Waals surface area contributed by atoms with Crippen molar-refractivity contribution >= 4 is 0 Å². The van der Waals surface area contributed by atoms with Crippen molar-refractivity contribution in [3.8, 4) is 0 Å². The van der Waals surface area contributed by atoms with E-state index in [0.29, 0.717) is 5.92 Å². The Kier molecular flexibility index (Phi) is 3.28. The van der Waals surface area contributed by atoms with E-state index in [2.05, 4.69) is 50.8 Å². The van der Waals surface area contributed by atoms with Gasteiger partial charge in [0.15, 0.2) is 0 Å². The molecule has 0 saturated carbocycles. The predicted molar refractivity (Wildman–Crippen MR) is 72.9 cm³/mol. The molecule has 1 saturated heterocycles. The van der Waals surface area contributed by atoms with Crippen molar-refractivity contribution < 1.29 is 0 Å². The van der Waals surface area contributed by atoms with Gasteiger partial charge in [0.05, 0.1) is 0 Å². The number of benzene rings is 1. The van der Waals surface area contributed by atoms with Crippen molar-refractivity contribution in [2.45, 2.75) is 39.8 Å². The maximum Gasteiger partial charge on any atom is 0.0435 e. The minimum atomic E-state index is 0.0383. The molecule has 1 heterocycles. The fourth-order valence-corrected chi connectivity index (χ4v) is 2.59. The highest BCUT2D eigenvalue weighted by atomic mass is 15.2. The molecule has 2 heteroatoms. The van der Waals surface area contributed by atoms with Crippen molar-refractivity contribution in [2.24, 2.45) is 11.7 Å². The lowest BCUT2D eigenvalue weighted by molar-refractivity contribution is 0.0310. The van der Waals surface area contributed by atoms with E-state index >= 15 is 0 Å². The van der Waals surface area contributed by atoms with Crippen molar-refractivity contribution in [2.75, 3.05) is 13.1 Å². The monoisotopic (exact) mass is 232 g/mol. The van der Waals surface area contributed by atoms with Gasteiger partial charge in [0.25, 0.3) is 0 Å². The Morgan fingerprint density at radius 1 is 1.24 bits per heavy atom. The fraction of sp³-hybridized carbons (Fsp3) is 0.600. The number of nitrogens with two attached hydrogens (primary N) is 1. The molecule has 0 bridgehead atoms. The maximum absolute atomic E-state index is 6.32. The number of hydrogen-bond donors (Lipinski definition) is 1. The molecule has 2 N–H and O–H groups in total. The molecule has 1 aliphatic rings. The van der Waals surface area contributed by atoms with Gasteiger partial charge in [-0.15, -0.1) is 0 Å². The summed E-state index contributed by atoms with van der Waals surface area (Å²) in [5.41, 5.74) is 10.6. The van der Waals surface area contributed by atoms with Gasteiger partial charge in [0, 0.05) is 25.2 Å². The van der Waals surface area contributed by atoms with Gasteiger partial charge in [0.2, 0.25) is 0 Å². The zero-order chi connectivity index (χ0) is 12.6. The van der Waals surface area contributed by atoms with E-state index in [1.165, 1.54) is 16.7 Å². The summed E-state index contributed by atoms with van der Waals surface area (Å²) in [5, 5.41) is 0. The second kappa shape index (κ2) is 4.43. The molecular weight excluding hydrogens is 208 g/mol. The highest BCUT2D eigenvalue weighted by Gasteiger charge is 2.41. The third kappa shape index (κ3) is 2.38. The number of aryl methyl sites for hydroxylation is 2. The lowest BCUT2D eigenvalue weighted by Crippen LogP contribution is -2.69. The van der Waals surface area contributed by atoms with Gasteiger partial charge >= 0.3 is 0 Å². The van der Waals surface area contributed by atoms with E-state index in [1.807, 2.05) is 0 Å². The Hall–Kier alpha value is -0.860. The molecule has 0 radical (unpaired) electrons. The molecule has 0 spiro atoms. The summed E-state index contributed by atoms with van der Waals surface area (Å²) in [5.74, 6) is 0.566. The van der Waals surface area contributed by atoms with E-state index in [0.717, 1.165) is 19.6 Å².